The van der Waals surface area contributed by atoms with E-state index in [-0.39, 0.29) is 0 Å². The van der Waals surface area contributed by atoms with Crippen LogP contribution in [0.15, 0.2) is 24.4 Å². The van der Waals surface area contributed by atoms with Crippen LogP contribution in [0.25, 0.3) is 10.1 Å². The summed E-state index contributed by atoms with van der Waals surface area (Å²) in [6, 6.07) is 6.10. The number of rotatable bonds is 1. The van der Waals surface area contributed by atoms with Gasteiger partial charge in [0.05, 0.1) is 10.3 Å². The molecule has 0 radical (unpaired) electrons. The van der Waals surface area contributed by atoms with Crippen LogP contribution < -0.4 is 0 Å². The van der Waals surface area contributed by atoms with Gasteiger partial charge in [0.25, 0.3) is 0 Å². The molecule has 1 aromatic carbocycles. The van der Waals surface area contributed by atoms with E-state index in [0.717, 1.165) is 23.8 Å². The van der Waals surface area contributed by atoms with Gasteiger partial charge in [0, 0.05) is 11.6 Å². The van der Waals surface area contributed by atoms with Crippen LogP contribution in [0.2, 0.25) is 0 Å². The molecule has 2 aromatic rings. The van der Waals surface area contributed by atoms with E-state index < -0.39 is 5.60 Å². The number of aliphatic hydroxyl groups is 1. The molecule has 0 saturated heterocycles. The van der Waals surface area contributed by atoms with E-state index >= 15 is 0 Å². The lowest BCUT2D eigenvalue weighted by Crippen LogP contribution is -2.02. The summed E-state index contributed by atoms with van der Waals surface area (Å²) in [7, 11) is 0. The largest absolute Gasteiger partial charge is 0.385 e. The van der Waals surface area contributed by atoms with Crippen molar-refractivity contribution in [1.82, 2.24) is 4.37 Å². The van der Waals surface area contributed by atoms with Crippen molar-refractivity contribution >= 4 is 21.6 Å². The average molecular weight is 191 g/mol. The van der Waals surface area contributed by atoms with Crippen LogP contribution in [-0.4, -0.2) is 9.48 Å². The topological polar surface area (TPSA) is 33.1 Å². The molecular formula is C10H9NOS. The van der Waals surface area contributed by atoms with Gasteiger partial charge < -0.3 is 5.11 Å². The van der Waals surface area contributed by atoms with Gasteiger partial charge in [-0.3, -0.25) is 0 Å². The second kappa shape index (κ2) is 2.30. The number of hydrogen-bond donors (Lipinski definition) is 1. The summed E-state index contributed by atoms with van der Waals surface area (Å²) < 4.78 is 5.29. The van der Waals surface area contributed by atoms with Crippen molar-refractivity contribution in [2.45, 2.75) is 18.4 Å². The molecule has 1 aromatic heterocycles. The predicted octanol–water partition coefficient (Wildman–Crippen LogP) is 2.28. The highest BCUT2D eigenvalue weighted by molar-refractivity contribution is 7.13. The Morgan fingerprint density at radius 1 is 1.38 bits per heavy atom. The van der Waals surface area contributed by atoms with Gasteiger partial charge in [-0.05, 0) is 42.1 Å². The minimum absolute atomic E-state index is 0.518. The Kier molecular flexibility index (Phi) is 1.32. The summed E-state index contributed by atoms with van der Waals surface area (Å²) in [4.78, 5) is 0. The molecule has 1 saturated carbocycles. The van der Waals surface area contributed by atoms with Gasteiger partial charge in [0.15, 0.2) is 0 Å². The van der Waals surface area contributed by atoms with Crippen LogP contribution in [0.4, 0.5) is 0 Å². The van der Waals surface area contributed by atoms with Gasteiger partial charge in [-0.15, -0.1) is 0 Å². The Bertz CT molecular complexity index is 459. The first-order valence-electron chi connectivity index (χ1n) is 4.35. The number of benzene rings is 1. The highest BCUT2D eigenvalue weighted by Gasteiger charge is 2.42. The van der Waals surface area contributed by atoms with Crippen molar-refractivity contribution in [1.29, 1.82) is 0 Å². The van der Waals surface area contributed by atoms with Crippen LogP contribution in [0.1, 0.15) is 18.4 Å². The SMILES string of the molecule is OC1(c2ccc3sncc3c2)CC1. The van der Waals surface area contributed by atoms with E-state index in [1.54, 1.807) is 0 Å². The lowest BCUT2D eigenvalue weighted by Gasteiger charge is -2.06. The maximum Gasteiger partial charge on any atom is 0.0899 e. The van der Waals surface area contributed by atoms with Gasteiger partial charge >= 0.3 is 0 Å². The fourth-order valence-corrected chi connectivity index (χ4v) is 2.19. The fraction of sp³-hybridized carbons (Fsp3) is 0.300. The molecular weight excluding hydrogens is 182 g/mol. The van der Waals surface area contributed by atoms with Crippen LogP contribution in [0.3, 0.4) is 0 Å². The molecule has 1 N–H and O–H groups in total. The highest BCUT2D eigenvalue weighted by Crippen LogP contribution is 2.45. The van der Waals surface area contributed by atoms with E-state index in [9.17, 15) is 5.11 Å². The Labute approximate surface area is 80.0 Å². The standard InChI is InChI=1S/C10H9NOS/c12-10(3-4-10)8-1-2-9-7(5-8)6-11-13-9/h1-2,5-6,12H,3-4H2. The van der Waals surface area contributed by atoms with Crippen LogP contribution >= 0.6 is 11.5 Å². The number of aromatic nitrogens is 1. The minimum atomic E-state index is -0.518. The van der Waals surface area contributed by atoms with E-state index in [1.807, 2.05) is 24.4 Å². The molecule has 3 rings (SSSR count). The average Bonchev–Trinajstić information content (AvgIpc) is 2.74. The molecule has 0 atom stereocenters. The Balaban J connectivity index is 2.20. The maximum atomic E-state index is 9.88. The molecule has 0 amide bonds. The molecule has 1 aliphatic rings. The third-order valence-electron chi connectivity index (χ3n) is 2.61. The summed E-state index contributed by atoms with van der Waals surface area (Å²) in [5.74, 6) is 0. The van der Waals surface area contributed by atoms with Crippen molar-refractivity contribution in [3.05, 3.63) is 30.0 Å². The molecule has 13 heavy (non-hydrogen) atoms. The first-order valence-corrected chi connectivity index (χ1v) is 5.13. The van der Waals surface area contributed by atoms with Crippen molar-refractivity contribution < 1.29 is 5.11 Å². The molecule has 1 aliphatic carbocycles. The quantitative estimate of drug-likeness (QED) is 0.750. The molecule has 3 heteroatoms. The van der Waals surface area contributed by atoms with E-state index in [0.29, 0.717) is 0 Å². The Morgan fingerprint density at radius 2 is 2.23 bits per heavy atom. The normalized spacial score (nSPS) is 19.2. The van der Waals surface area contributed by atoms with Crippen molar-refractivity contribution in [3.8, 4) is 0 Å². The fourth-order valence-electron chi connectivity index (χ4n) is 1.57. The molecule has 66 valence electrons. The van der Waals surface area contributed by atoms with E-state index in [2.05, 4.69) is 4.37 Å². The van der Waals surface area contributed by atoms with Crippen LogP contribution in [0, 0.1) is 0 Å². The van der Waals surface area contributed by atoms with Gasteiger partial charge in [-0.1, -0.05) is 6.07 Å². The summed E-state index contributed by atoms with van der Waals surface area (Å²) in [5.41, 5.74) is 0.524. The monoisotopic (exact) mass is 191 g/mol. The minimum Gasteiger partial charge on any atom is -0.385 e. The summed E-state index contributed by atoms with van der Waals surface area (Å²) >= 11 is 1.50. The number of hydrogen-bond acceptors (Lipinski definition) is 3. The number of fused-ring (bicyclic) bond motifs is 1. The Morgan fingerprint density at radius 3 is 3.00 bits per heavy atom. The van der Waals surface area contributed by atoms with Gasteiger partial charge in [-0.2, -0.15) is 4.37 Å². The third-order valence-corrected chi connectivity index (χ3v) is 3.39. The van der Waals surface area contributed by atoms with E-state index in [4.69, 9.17) is 0 Å². The summed E-state index contributed by atoms with van der Waals surface area (Å²) in [5, 5.41) is 11.0. The van der Waals surface area contributed by atoms with Gasteiger partial charge in [0.2, 0.25) is 0 Å². The second-order valence-electron chi connectivity index (χ2n) is 3.61. The lowest BCUT2D eigenvalue weighted by atomic mass is 10.1. The van der Waals surface area contributed by atoms with Crippen molar-refractivity contribution in [2.24, 2.45) is 0 Å². The molecule has 2 nitrogen and oxygen atoms in total. The zero-order chi connectivity index (χ0) is 8.89. The van der Waals surface area contributed by atoms with Gasteiger partial charge in [0.1, 0.15) is 0 Å². The van der Waals surface area contributed by atoms with Crippen molar-refractivity contribution in [2.75, 3.05) is 0 Å². The molecule has 1 fully saturated rings. The first-order chi connectivity index (χ1) is 6.28. The van der Waals surface area contributed by atoms with Gasteiger partial charge in [-0.25, -0.2) is 0 Å². The second-order valence-corrected chi connectivity index (χ2v) is 4.44. The predicted molar refractivity (Wildman–Crippen MR) is 52.8 cm³/mol. The Hall–Kier alpha value is -0.930. The maximum absolute atomic E-state index is 9.88. The molecule has 0 unspecified atom stereocenters. The van der Waals surface area contributed by atoms with Crippen LogP contribution in [0.5, 0.6) is 0 Å². The summed E-state index contributed by atoms with van der Waals surface area (Å²) in [6.07, 6.45) is 3.65. The number of nitrogens with zero attached hydrogens (tertiary/aromatic N) is 1. The first kappa shape index (κ1) is 7.47. The van der Waals surface area contributed by atoms with E-state index in [1.165, 1.54) is 16.2 Å². The smallest absolute Gasteiger partial charge is 0.0899 e. The molecule has 1 heterocycles. The molecule has 0 spiro atoms. The molecule has 0 aliphatic heterocycles. The highest BCUT2D eigenvalue weighted by atomic mass is 32.1. The van der Waals surface area contributed by atoms with Crippen LogP contribution in [-0.2, 0) is 5.60 Å². The molecule has 0 bridgehead atoms. The zero-order valence-electron chi connectivity index (χ0n) is 7.03. The zero-order valence-corrected chi connectivity index (χ0v) is 7.84. The summed E-state index contributed by atoms with van der Waals surface area (Å²) in [6.45, 7) is 0. The van der Waals surface area contributed by atoms with Crippen molar-refractivity contribution in [3.63, 3.8) is 0 Å². The third kappa shape index (κ3) is 1.08. The lowest BCUT2D eigenvalue weighted by molar-refractivity contribution is 0.151.